The molecule has 0 atom stereocenters. The third-order valence-electron chi connectivity index (χ3n) is 3.18. The van der Waals surface area contributed by atoms with Crippen molar-refractivity contribution in [2.75, 3.05) is 27.2 Å². The summed E-state index contributed by atoms with van der Waals surface area (Å²) in [5.41, 5.74) is 0.132. The fraction of sp³-hybridized carbons (Fsp3) is 0.571. The Bertz CT molecular complexity index is 691. The molecule has 1 amide bonds. The van der Waals surface area contributed by atoms with Gasteiger partial charge in [-0.2, -0.15) is 0 Å². The smallest absolute Gasteiger partial charge is 0.323 e. The Labute approximate surface area is 136 Å². The van der Waals surface area contributed by atoms with E-state index in [2.05, 4.69) is 0 Å². The van der Waals surface area contributed by atoms with E-state index in [1.165, 1.54) is 35.8 Å². The molecule has 0 unspecified atom stereocenters. The summed E-state index contributed by atoms with van der Waals surface area (Å²) in [7, 11) is 0.698. The molecule has 1 aromatic rings. The second kappa shape index (κ2) is 7.14. The molecule has 130 valence electrons. The second-order valence-electron chi connectivity index (χ2n) is 5.93. The van der Waals surface area contributed by atoms with Gasteiger partial charge in [-0.1, -0.05) is 13.8 Å². The first kappa shape index (κ1) is 19.2. The molecule has 0 radical (unpaired) electrons. The first-order chi connectivity index (χ1) is 10.5. The lowest BCUT2D eigenvalue weighted by atomic mass is 10.2. The molecule has 1 N–H and O–H groups in total. The molecule has 0 saturated carbocycles. The van der Waals surface area contributed by atoms with E-state index in [1.54, 1.807) is 7.05 Å². The Kier molecular flexibility index (Phi) is 5.95. The van der Waals surface area contributed by atoms with Crippen molar-refractivity contribution < 1.29 is 23.1 Å². The number of aryl methyl sites for hydroxylation is 1. The average Bonchev–Trinajstić information content (AvgIpc) is 2.78. The Hall–Kier alpha value is -1.87. The fourth-order valence-electron chi connectivity index (χ4n) is 2.08. The van der Waals surface area contributed by atoms with Crippen molar-refractivity contribution in [1.82, 2.24) is 13.8 Å². The zero-order valence-electron chi connectivity index (χ0n) is 14.0. The van der Waals surface area contributed by atoms with Crippen LogP contribution in [-0.4, -0.2) is 66.4 Å². The molecule has 0 aliphatic rings. The molecular weight excluding hydrogens is 322 g/mol. The van der Waals surface area contributed by atoms with Gasteiger partial charge in [-0.3, -0.25) is 9.59 Å². The number of carbonyl (C=O) groups is 2. The number of sulfonamides is 1. The Morgan fingerprint density at radius 3 is 2.30 bits per heavy atom. The Morgan fingerprint density at radius 1 is 1.30 bits per heavy atom. The molecule has 1 aromatic heterocycles. The first-order valence-electron chi connectivity index (χ1n) is 7.06. The topological polar surface area (TPSA) is 99.9 Å². The number of carboxylic acid groups (broad SMARTS) is 1. The molecular formula is C14H23N3O5S. The van der Waals surface area contributed by atoms with Gasteiger partial charge in [0.05, 0.1) is 0 Å². The van der Waals surface area contributed by atoms with Gasteiger partial charge in [0, 0.05) is 33.9 Å². The van der Waals surface area contributed by atoms with E-state index < -0.39 is 28.4 Å². The largest absolute Gasteiger partial charge is 0.480 e. The molecule has 0 aromatic carbocycles. The van der Waals surface area contributed by atoms with Crippen LogP contribution in [0, 0.1) is 5.92 Å². The van der Waals surface area contributed by atoms with Crippen LogP contribution in [0.1, 0.15) is 24.3 Å². The standard InChI is InChI=1S/C14H23N3O5S/c1-10(2)7-17(9-13(18)19)14(20)12-6-11(8-16(12)5)23(21,22)15(3)4/h6,8,10H,7,9H2,1-5H3,(H,18,19). The maximum atomic E-state index is 12.6. The van der Waals surface area contributed by atoms with E-state index >= 15 is 0 Å². The minimum absolute atomic E-state index is 0.00632. The van der Waals surface area contributed by atoms with Crippen molar-refractivity contribution in [3.05, 3.63) is 18.0 Å². The Morgan fingerprint density at radius 2 is 1.87 bits per heavy atom. The van der Waals surface area contributed by atoms with Crippen LogP contribution in [0.15, 0.2) is 17.2 Å². The van der Waals surface area contributed by atoms with Crippen LogP contribution >= 0.6 is 0 Å². The van der Waals surface area contributed by atoms with Gasteiger partial charge in [0.25, 0.3) is 5.91 Å². The predicted octanol–water partition coefficient (Wildman–Crippen LogP) is 0.458. The van der Waals surface area contributed by atoms with Crippen molar-refractivity contribution in [2.45, 2.75) is 18.7 Å². The van der Waals surface area contributed by atoms with Crippen LogP contribution in [0.4, 0.5) is 0 Å². The number of aliphatic carboxylic acids is 1. The zero-order valence-corrected chi connectivity index (χ0v) is 14.8. The van der Waals surface area contributed by atoms with Crippen molar-refractivity contribution in [3.63, 3.8) is 0 Å². The van der Waals surface area contributed by atoms with Gasteiger partial charge in [-0.15, -0.1) is 0 Å². The molecule has 1 heterocycles. The van der Waals surface area contributed by atoms with Gasteiger partial charge < -0.3 is 14.6 Å². The number of carbonyl (C=O) groups excluding carboxylic acids is 1. The number of nitrogens with zero attached hydrogens (tertiary/aromatic N) is 3. The summed E-state index contributed by atoms with van der Waals surface area (Å²) in [5, 5.41) is 8.97. The number of hydrogen-bond donors (Lipinski definition) is 1. The molecule has 0 bridgehead atoms. The molecule has 0 aliphatic carbocycles. The van der Waals surface area contributed by atoms with Gasteiger partial charge in [-0.05, 0) is 12.0 Å². The SMILES string of the molecule is CC(C)CN(CC(=O)O)C(=O)c1cc(S(=O)(=O)N(C)C)cn1C. The molecule has 1 rings (SSSR count). The number of rotatable bonds is 7. The van der Waals surface area contributed by atoms with E-state index in [-0.39, 0.29) is 23.1 Å². The third kappa shape index (κ3) is 4.55. The van der Waals surface area contributed by atoms with E-state index in [9.17, 15) is 18.0 Å². The van der Waals surface area contributed by atoms with Gasteiger partial charge in [-0.25, -0.2) is 12.7 Å². The molecule has 0 saturated heterocycles. The normalized spacial score (nSPS) is 12.0. The van der Waals surface area contributed by atoms with Gasteiger partial charge in [0.1, 0.15) is 17.1 Å². The summed E-state index contributed by atoms with van der Waals surface area (Å²) in [6, 6.07) is 1.27. The lowest BCUT2D eigenvalue weighted by molar-refractivity contribution is -0.137. The van der Waals surface area contributed by atoms with Crippen LogP contribution in [0.2, 0.25) is 0 Å². The second-order valence-corrected chi connectivity index (χ2v) is 8.08. The third-order valence-corrected chi connectivity index (χ3v) is 4.96. The average molecular weight is 345 g/mol. The fourth-order valence-corrected chi connectivity index (χ4v) is 3.06. The van der Waals surface area contributed by atoms with Gasteiger partial charge in [0.2, 0.25) is 10.0 Å². The van der Waals surface area contributed by atoms with Crippen LogP contribution in [0.25, 0.3) is 0 Å². The van der Waals surface area contributed by atoms with Crippen molar-refractivity contribution >= 4 is 21.9 Å². The van der Waals surface area contributed by atoms with Crippen LogP contribution in [0.5, 0.6) is 0 Å². The predicted molar refractivity (Wildman–Crippen MR) is 84.7 cm³/mol. The van der Waals surface area contributed by atoms with Crippen LogP contribution < -0.4 is 0 Å². The van der Waals surface area contributed by atoms with Gasteiger partial charge in [0.15, 0.2) is 0 Å². The maximum absolute atomic E-state index is 12.6. The van der Waals surface area contributed by atoms with Crippen LogP contribution in [-0.2, 0) is 21.9 Å². The summed E-state index contributed by atoms with van der Waals surface area (Å²) < 4.78 is 26.7. The van der Waals surface area contributed by atoms with E-state index in [1.807, 2.05) is 13.8 Å². The highest BCUT2D eigenvalue weighted by Crippen LogP contribution is 2.18. The highest BCUT2D eigenvalue weighted by atomic mass is 32.2. The summed E-state index contributed by atoms with van der Waals surface area (Å²) in [4.78, 5) is 24.7. The lowest BCUT2D eigenvalue weighted by Gasteiger charge is -2.22. The zero-order chi connectivity index (χ0) is 17.9. The number of aromatic nitrogens is 1. The van der Waals surface area contributed by atoms with Crippen molar-refractivity contribution in [3.8, 4) is 0 Å². The molecule has 0 fully saturated rings. The molecule has 0 spiro atoms. The summed E-state index contributed by atoms with van der Waals surface area (Å²) >= 11 is 0. The molecule has 8 nitrogen and oxygen atoms in total. The molecule has 9 heteroatoms. The quantitative estimate of drug-likeness (QED) is 0.774. The van der Waals surface area contributed by atoms with Crippen molar-refractivity contribution in [2.24, 2.45) is 13.0 Å². The van der Waals surface area contributed by atoms with E-state index in [4.69, 9.17) is 5.11 Å². The monoisotopic (exact) mass is 345 g/mol. The first-order valence-corrected chi connectivity index (χ1v) is 8.50. The minimum Gasteiger partial charge on any atom is -0.480 e. The van der Waals surface area contributed by atoms with Gasteiger partial charge >= 0.3 is 5.97 Å². The number of hydrogen-bond acceptors (Lipinski definition) is 4. The summed E-state index contributed by atoms with van der Waals surface area (Å²) in [6.45, 7) is 3.58. The highest BCUT2D eigenvalue weighted by molar-refractivity contribution is 7.89. The van der Waals surface area contributed by atoms with Crippen molar-refractivity contribution in [1.29, 1.82) is 0 Å². The summed E-state index contributed by atoms with van der Waals surface area (Å²) in [6.07, 6.45) is 1.34. The molecule has 23 heavy (non-hydrogen) atoms. The minimum atomic E-state index is -3.66. The van der Waals surface area contributed by atoms with E-state index in [0.717, 1.165) is 4.31 Å². The maximum Gasteiger partial charge on any atom is 0.323 e. The number of carboxylic acids is 1. The Balaban J connectivity index is 3.21. The van der Waals surface area contributed by atoms with E-state index in [0.29, 0.717) is 0 Å². The van der Waals surface area contributed by atoms with Crippen LogP contribution in [0.3, 0.4) is 0 Å². The number of amides is 1. The summed E-state index contributed by atoms with van der Waals surface area (Å²) in [5.74, 6) is -1.54. The lowest BCUT2D eigenvalue weighted by Crippen LogP contribution is -2.39. The molecule has 0 aliphatic heterocycles. The highest BCUT2D eigenvalue weighted by Gasteiger charge is 2.26.